The molecule has 0 amide bonds. The molecule has 1 N–H and O–H groups in total. The van der Waals surface area contributed by atoms with E-state index in [1.54, 1.807) is 0 Å². The molecule has 25 heavy (non-hydrogen) atoms. The maximum absolute atomic E-state index is 11.5. The molecular weight excluding hydrogens is 339 g/mol. The summed E-state index contributed by atoms with van der Waals surface area (Å²) in [4.78, 5) is 19.9. The van der Waals surface area contributed by atoms with Crippen molar-refractivity contribution in [3.05, 3.63) is 0 Å². The lowest BCUT2D eigenvalue weighted by Crippen LogP contribution is -2.07. The minimum absolute atomic E-state index is 0.137. The molecule has 148 valence electrons. The average Bonchev–Trinajstić information content (AvgIpc) is 2.58. The van der Waals surface area contributed by atoms with Gasteiger partial charge in [-0.3, -0.25) is 4.79 Å². The summed E-state index contributed by atoms with van der Waals surface area (Å²) in [6.07, 6.45) is 17.7. The summed E-state index contributed by atoms with van der Waals surface area (Å²) in [5.74, 6) is -0.184. The van der Waals surface area contributed by atoms with Crippen LogP contribution in [-0.2, 0) is 18.6 Å². The number of carbonyl (C=O) groups is 1. The van der Waals surface area contributed by atoms with Crippen LogP contribution in [0.4, 0.5) is 0 Å². The van der Waals surface area contributed by atoms with E-state index in [0.29, 0.717) is 12.8 Å². The van der Waals surface area contributed by atoms with E-state index in [4.69, 9.17) is 9.63 Å². The first-order valence-electron chi connectivity index (χ1n) is 10.1. The molecule has 0 aromatic carbocycles. The van der Waals surface area contributed by atoms with Gasteiger partial charge in [-0.15, -0.1) is 9.42 Å². The Hall–Kier alpha value is -0.510. The monoisotopic (exact) mass is 377 g/mol. The van der Waals surface area contributed by atoms with Crippen molar-refractivity contribution in [1.29, 1.82) is 0 Å². The molecule has 1 unspecified atom stereocenters. The zero-order valence-corrected chi connectivity index (χ0v) is 16.9. The van der Waals surface area contributed by atoms with Gasteiger partial charge in [-0.2, -0.15) is 0 Å². The number of esters is 1. The largest absolute Gasteiger partial charge is 0.694 e. The smallest absolute Gasteiger partial charge is 0.466 e. The van der Waals surface area contributed by atoms with Crippen LogP contribution in [0.3, 0.4) is 0 Å². The van der Waals surface area contributed by atoms with E-state index in [9.17, 15) is 9.36 Å². The quantitative estimate of drug-likeness (QED) is 0.168. The van der Waals surface area contributed by atoms with Crippen LogP contribution >= 0.6 is 8.25 Å². The van der Waals surface area contributed by atoms with Gasteiger partial charge in [0.2, 0.25) is 0 Å². The number of hydrogen-bond acceptors (Lipinski definition) is 4. The number of ether oxygens (including phenoxy) is 1. The molecule has 0 radical (unpaired) electrons. The number of carbonyl (C=O) groups excluding carboxylic acids is 1. The highest BCUT2D eigenvalue weighted by molar-refractivity contribution is 7.32. The minimum Gasteiger partial charge on any atom is -0.466 e. The van der Waals surface area contributed by atoms with Crippen molar-refractivity contribution < 1.29 is 23.5 Å². The highest BCUT2D eigenvalue weighted by Gasteiger charge is 2.10. The fraction of sp³-hybridized carbons (Fsp3) is 0.947. The van der Waals surface area contributed by atoms with Gasteiger partial charge in [0.25, 0.3) is 0 Å². The van der Waals surface area contributed by atoms with Gasteiger partial charge in [0.1, 0.15) is 6.61 Å². The fourth-order valence-electron chi connectivity index (χ4n) is 2.75. The molecule has 0 saturated heterocycles. The van der Waals surface area contributed by atoms with Crippen LogP contribution in [0.1, 0.15) is 103 Å². The molecule has 0 aliphatic heterocycles. The molecular formula is C19H38O5P+. The van der Waals surface area contributed by atoms with E-state index in [1.807, 2.05) is 0 Å². The molecule has 0 spiro atoms. The Morgan fingerprint density at radius 2 is 1.24 bits per heavy atom. The van der Waals surface area contributed by atoms with E-state index in [2.05, 4.69) is 11.4 Å². The molecule has 0 aromatic rings. The molecule has 0 saturated carbocycles. The zero-order chi connectivity index (χ0) is 18.6. The minimum atomic E-state index is -2.55. The van der Waals surface area contributed by atoms with Crippen molar-refractivity contribution in [3.8, 4) is 0 Å². The molecule has 0 heterocycles. The van der Waals surface area contributed by atoms with Crippen LogP contribution in [0.2, 0.25) is 0 Å². The van der Waals surface area contributed by atoms with Gasteiger partial charge in [0, 0.05) is 17.4 Å². The summed E-state index contributed by atoms with van der Waals surface area (Å²) in [5.41, 5.74) is 0. The lowest BCUT2D eigenvalue weighted by molar-refractivity contribution is -0.144. The lowest BCUT2D eigenvalue weighted by atomic mass is 10.0. The van der Waals surface area contributed by atoms with Gasteiger partial charge in [0.05, 0.1) is 6.61 Å². The Labute approximate surface area is 154 Å². The van der Waals surface area contributed by atoms with Crippen LogP contribution in [-0.4, -0.2) is 24.1 Å². The summed E-state index contributed by atoms with van der Waals surface area (Å²) in [5, 5.41) is 0. The van der Waals surface area contributed by atoms with Gasteiger partial charge in [0.15, 0.2) is 0 Å². The summed E-state index contributed by atoms with van der Waals surface area (Å²) in [6, 6.07) is 0. The third-order valence-corrected chi connectivity index (χ3v) is 4.64. The lowest BCUT2D eigenvalue weighted by Gasteiger charge is -2.04. The first-order valence-corrected chi connectivity index (χ1v) is 11.2. The summed E-state index contributed by atoms with van der Waals surface area (Å²) in [6.45, 7) is 2.64. The Kier molecular flexibility index (Phi) is 19.4. The molecule has 0 aliphatic rings. The normalized spacial score (nSPS) is 11.5. The predicted octanol–water partition coefficient (Wildman–Crippen LogP) is 6.07. The van der Waals surface area contributed by atoms with Gasteiger partial charge in [-0.1, -0.05) is 84.0 Å². The first kappa shape index (κ1) is 24.5. The predicted molar refractivity (Wildman–Crippen MR) is 102 cm³/mol. The third kappa shape index (κ3) is 21.4. The second kappa shape index (κ2) is 19.8. The van der Waals surface area contributed by atoms with Gasteiger partial charge < -0.3 is 4.74 Å². The van der Waals surface area contributed by atoms with Gasteiger partial charge in [-0.25, -0.2) is 0 Å². The average molecular weight is 377 g/mol. The van der Waals surface area contributed by atoms with Crippen molar-refractivity contribution >= 4 is 14.2 Å². The van der Waals surface area contributed by atoms with Crippen molar-refractivity contribution in [1.82, 2.24) is 0 Å². The van der Waals surface area contributed by atoms with E-state index < -0.39 is 8.25 Å². The molecule has 0 fully saturated rings. The fourth-order valence-corrected chi connectivity index (χ4v) is 3.03. The van der Waals surface area contributed by atoms with Crippen LogP contribution < -0.4 is 0 Å². The molecule has 1 atom stereocenters. The summed E-state index contributed by atoms with van der Waals surface area (Å²) < 4.78 is 19.8. The van der Waals surface area contributed by atoms with Gasteiger partial charge in [-0.05, 0) is 6.42 Å². The SMILES string of the molecule is CCCCCCCCCCCCCCCC(=O)OCCCO[P+](=O)O. The molecule has 0 aromatic heterocycles. The standard InChI is InChI=1S/C19H37O5P/c1-2-3-4-5-6-7-8-9-10-11-12-13-14-16-19(20)23-17-15-18-24-25(21)22/h2-18H2,1H3/p+1. The van der Waals surface area contributed by atoms with Crippen molar-refractivity contribution in [2.75, 3.05) is 13.2 Å². The summed E-state index contributed by atoms with van der Waals surface area (Å²) in [7, 11) is -2.55. The second-order valence-corrected chi connectivity index (χ2v) is 7.37. The topological polar surface area (TPSA) is 72.8 Å². The molecule has 0 aliphatic carbocycles. The Bertz CT molecular complexity index is 323. The molecule has 0 bridgehead atoms. The van der Waals surface area contributed by atoms with E-state index in [1.165, 1.54) is 70.6 Å². The van der Waals surface area contributed by atoms with E-state index in [-0.39, 0.29) is 19.2 Å². The van der Waals surface area contributed by atoms with Gasteiger partial charge >= 0.3 is 14.2 Å². The van der Waals surface area contributed by atoms with E-state index >= 15 is 0 Å². The number of unbranched alkanes of at least 4 members (excludes halogenated alkanes) is 12. The summed E-state index contributed by atoms with van der Waals surface area (Å²) >= 11 is 0. The number of hydrogen-bond donors (Lipinski definition) is 1. The van der Waals surface area contributed by atoms with Crippen LogP contribution in [0, 0.1) is 0 Å². The molecule has 0 rings (SSSR count). The highest BCUT2D eigenvalue weighted by atomic mass is 31.1. The Morgan fingerprint density at radius 1 is 0.760 bits per heavy atom. The Balaban J connectivity index is 3.14. The van der Waals surface area contributed by atoms with Crippen LogP contribution in [0.5, 0.6) is 0 Å². The number of rotatable bonds is 19. The van der Waals surface area contributed by atoms with Crippen LogP contribution in [0.15, 0.2) is 0 Å². The van der Waals surface area contributed by atoms with Crippen molar-refractivity contribution in [3.63, 3.8) is 0 Å². The molecule has 6 heteroatoms. The highest BCUT2D eigenvalue weighted by Crippen LogP contribution is 2.14. The first-order chi connectivity index (χ1) is 12.2. The molecule has 5 nitrogen and oxygen atoms in total. The maximum atomic E-state index is 11.5. The van der Waals surface area contributed by atoms with Crippen molar-refractivity contribution in [2.24, 2.45) is 0 Å². The van der Waals surface area contributed by atoms with Crippen molar-refractivity contribution in [2.45, 2.75) is 103 Å². The maximum Gasteiger partial charge on any atom is 0.694 e. The third-order valence-electron chi connectivity index (χ3n) is 4.24. The van der Waals surface area contributed by atoms with Crippen LogP contribution in [0.25, 0.3) is 0 Å². The van der Waals surface area contributed by atoms with E-state index in [0.717, 1.165) is 12.8 Å². The second-order valence-electron chi connectivity index (χ2n) is 6.64. The zero-order valence-electron chi connectivity index (χ0n) is 16.0. The Morgan fingerprint density at radius 3 is 1.72 bits per heavy atom.